The largest absolute Gasteiger partial charge is 0.416 e. The molecule has 154 valence electrons. The van der Waals surface area contributed by atoms with Crippen LogP contribution in [0, 0.1) is 0 Å². The van der Waals surface area contributed by atoms with Gasteiger partial charge < -0.3 is 11.5 Å². The lowest BCUT2D eigenvalue weighted by molar-refractivity contribution is -0.138. The van der Waals surface area contributed by atoms with Crippen LogP contribution in [0.25, 0.3) is 11.3 Å². The molecule has 1 atom stereocenters. The second kappa shape index (κ2) is 8.17. The van der Waals surface area contributed by atoms with Gasteiger partial charge in [-0.1, -0.05) is 29.8 Å². The number of nitrogens with zero attached hydrogens (tertiary/aromatic N) is 2. The predicted octanol–water partition coefficient (Wildman–Crippen LogP) is 4.20. The molecule has 2 aromatic heterocycles. The first-order chi connectivity index (χ1) is 13.6. The van der Waals surface area contributed by atoms with Crippen LogP contribution in [0.1, 0.15) is 32.3 Å². The van der Waals surface area contributed by atoms with Crippen molar-refractivity contribution in [2.75, 3.05) is 6.54 Å². The molecule has 0 aliphatic carbocycles. The fraction of sp³-hybridized carbons (Fsp3) is 0.263. The number of primary amides is 1. The Morgan fingerprint density at radius 2 is 2.00 bits per heavy atom. The van der Waals surface area contributed by atoms with Crippen LogP contribution in [0.4, 0.5) is 13.2 Å². The van der Waals surface area contributed by atoms with Crippen molar-refractivity contribution in [3.8, 4) is 11.3 Å². The van der Waals surface area contributed by atoms with Crippen LogP contribution < -0.4 is 11.5 Å². The van der Waals surface area contributed by atoms with Gasteiger partial charge in [-0.2, -0.15) is 18.3 Å². The molecule has 2 heterocycles. The van der Waals surface area contributed by atoms with Gasteiger partial charge in [0.2, 0.25) is 0 Å². The number of aromatic nitrogens is 2. The molecule has 4 N–H and O–H groups in total. The van der Waals surface area contributed by atoms with Crippen LogP contribution in [0.5, 0.6) is 0 Å². The molecule has 1 aromatic carbocycles. The molecule has 0 aliphatic rings. The number of nitrogens with two attached hydrogens (primary N) is 2. The van der Waals surface area contributed by atoms with Crippen molar-refractivity contribution in [2.24, 2.45) is 18.5 Å². The maximum atomic E-state index is 13.4. The van der Waals surface area contributed by atoms with Crippen LogP contribution >= 0.6 is 22.9 Å². The summed E-state index contributed by atoms with van der Waals surface area (Å²) >= 11 is 7.41. The van der Waals surface area contributed by atoms with Crippen molar-refractivity contribution in [1.29, 1.82) is 0 Å². The van der Waals surface area contributed by atoms with E-state index in [1.165, 1.54) is 18.2 Å². The van der Waals surface area contributed by atoms with Gasteiger partial charge in [0.25, 0.3) is 5.91 Å². The van der Waals surface area contributed by atoms with Crippen LogP contribution in [-0.2, 0) is 19.6 Å². The number of benzene rings is 1. The van der Waals surface area contributed by atoms with Gasteiger partial charge in [0.15, 0.2) is 0 Å². The molecule has 0 aliphatic heterocycles. The number of carbonyl (C=O) groups excluding carboxylic acids is 1. The molecular formula is C19H18ClF3N4OS. The minimum absolute atomic E-state index is 0.00435. The van der Waals surface area contributed by atoms with Gasteiger partial charge in [-0.3, -0.25) is 9.48 Å². The van der Waals surface area contributed by atoms with Gasteiger partial charge in [-0.15, -0.1) is 11.3 Å². The van der Waals surface area contributed by atoms with E-state index in [-0.39, 0.29) is 23.4 Å². The van der Waals surface area contributed by atoms with Gasteiger partial charge in [0, 0.05) is 24.7 Å². The van der Waals surface area contributed by atoms with Crippen molar-refractivity contribution in [3.05, 3.63) is 62.4 Å². The lowest BCUT2D eigenvalue weighted by Crippen LogP contribution is -2.21. The number of amides is 1. The number of rotatable bonds is 6. The van der Waals surface area contributed by atoms with Crippen molar-refractivity contribution in [3.63, 3.8) is 0 Å². The van der Waals surface area contributed by atoms with Crippen molar-refractivity contribution < 1.29 is 18.0 Å². The molecule has 0 spiro atoms. The van der Waals surface area contributed by atoms with E-state index in [9.17, 15) is 18.0 Å². The highest BCUT2D eigenvalue weighted by molar-refractivity contribution is 7.18. The van der Waals surface area contributed by atoms with Crippen LogP contribution in [-0.4, -0.2) is 22.2 Å². The average Bonchev–Trinajstić information content (AvgIpc) is 3.21. The summed E-state index contributed by atoms with van der Waals surface area (Å²) in [6, 6.07) is 7.02. The maximum Gasteiger partial charge on any atom is 0.416 e. The zero-order valence-electron chi connectivity index (χ0n) is 15.3. The van der Waals surface area contributed by atoms with E-state index in [0.29, 0.717) is 21.2 Å². The van der Waals surface area contributed by atoms with Crippen LogP contribution in [0.2, 0.25) is 4.34 Å². The number of thiophene rings is 1. The first-order valence-corrected chi connectivity index (χ1v) is 9.80. The third-order valence-corrected chi connectivity index (χ3v) is 6.11. The van der Waals surface area contributed by atoms with Gasteiger partial charge in [-0.05, 0) is 36.2 Å². The highest BCUT2D eigenvalue weighted by Crippen LogP contribution is 2.45. The quantitative estimate of drug-likeness (QED) is 0.599. The molecule has 0 unspecified atom stereocenters. The van der Waals surface area contributed by atoms with Crippen molar-refractivity contribution in [1.82, 2.24) is 9.78 Å². The van der Waals surface area contributed by atoms with E-state index in [0.717, 1.165) is 17.4 Å². The zero-order chi connectivity index (χ0) is 21.3. The predicted molar refractivity (Wildman–Crippen MR) is 107 cm³/mol. The molecule has 10 heteroatoms. The van der Waals surface area contributed by atoms with Gasteiger partial charge in [0.05, 0.1) is 16.1 Å². The summed E-state index contributed by atoms with van der Waals surface area (Å²) in [6.07, 6.45) is -2.96. The summed E-state index contributed by atoms with van der Waals surface area (Å²) in [5.74, 6) is -1.31. The number of carbonyl (C=O) groups is 1. The molecular weight excluding hydrogens is 425 g/mol. The molecule has 3 rings (SSSR count). The smallest absolute Gasteiger partial charge is 0.365 e. The Morgan fingerprint density at radius 3 is 2.55 bits per heavy atom. The van der Waals surface area contributed by atoms with Gasteiger partial charge >= 0.3 is 6.18 Å². The van der Waals surface area contributed by atoms with E-state index in [4.69, 9.17) is 23.1 Å². The summed E-state index contributed by atoms with van der Waals surface area (Å²) in [5.41, 5.74) is 12.4. The summed E-state index contributed by atoms with van der Waals surface area (Å²) in [7, 11) is 1.70. The summed E-state index contributed by atoms with van der Waals surface area (Å²) in [4.78, 5) is 12.3. The third kappa shape index (κ3) is 4.17. The van der Waals surface area contributed by atoms with E-state index in [1.807, 2.05) is 0 Å². The first-order valence-electron chi connectivity index (χ1n) is 8.60. The first kappa shape index (κ1) is 21.4. The van der Waals surface area contributed by atoms with Gasteiger partial charge in [-0.25, -0.2) is 0 Å². The molecule has 29 heavy (non-hydrogen) atoms. The summed E-state index contributed by atoms with van der Waals surface area (Å²) < 4.78 is 42.2. The molecule has 0 saturated heterocycles. The summed E-state index contributed by atoms with van der Waals surface area (Å²) in [5, 5.41) is 4.11. The fourth-order valence-corrected chi connectivity index (χ4v) is 4.79. The number of hydrogen-bond acceptors (Lipinski definition) is 4. The van der Waals surface area contributed by atoms with Crippen molar-refractivity contribution in [2.45, 2.75) is 18.5 Å². The van der Waals surface area contributed by atoms with Crippen molar-refractivity contribution >= 4 is 28.8 Å². The Labute approximate surface area is 174 Å². The standard InChI is InChI=1S/C19H18ClF3N4OS/c1-27-13(6-7-26-27)15-14(16(18(25)28)29-17(15)20)11(9-24)8-10-4-2-3-5-12(10)19(21,22)23/h2-7,11H,8-9,24H2,1H3,(H2,25,28)/t11-/m1/s1. The van der Waals surface area contributed by atoms with Crippen LogP contribution in [0.15, 0.2) is 36.5 Å². The minimum Gasteiger partial charge on any atom is -0.365 e. The molecule has 3 aromatic rings. The van der Waals surface area contributed by atoms with Gasteiger partial charge in [0.1, 0.15) is 4.34 Å². The summed E-state index contributed by atoms with van der Waals surface area (Å²) in [6.45, 7) is 0.00435. The molecule has 0 bridgehead atoms. The van der Waals surface area contributed by atoms with E-state index in [2.05, 4.69) is 5.10 Å². The second-order valence-electron chi connectivity index (χ2n) is 6.49. The topological polar surface area (TPSA) is 86.9 Å². The average molecular weight is 443 g/mol. The Hall–Kier alpha value is -2.36. The monoisotopic (exact) mass is 442 g/mol. The van der Waals surface area contributed by atoms with E-state index < -0.39 is 23.6 Å². The fourth-order valence-electron chi connectivity index (χ4n) is 3.39. The Morgan fingerprint density at radius 1 is 1.31 bits per heavy atom. The molecule has 0 saturated carbocycles. The lowest BCUT2D eigenvalue weighted by Gasteiger charge is -2.20. The normalized spacial score (nSPS) is 12.9. The molecule has 0 fully saturated rings. The Balaban J connectivity index is 2.16. The highest BCUT2D eigenvalue weighted by atomic mass is 35.5. The molecule has 5 nitrogen and oxygen atoms in total. The van der Waals surface area contributed by atoms with Crippen LogP contribution in [0.3, 0.4) is 0 Å². The zero-order valence-corrected chi connectivity index (χ0v) is 16.9. The highest BCUT2D eigenvalue weighted by Gasteiger charge is 2.35. The maximum absolute atomic E-state index is 13.4. The molecule has 0 radical (unpaired) electrons. The second-order valence-corrected chi connectivity index (χ2v) is 8.11. The number of halogens is 4. The Bertz CT molecular complexity index is 1040. The number of alkyl halides is 3. The SMILES string of the molecule is Cn1nccc1-c1c(Cl)sc(C(N)=O)c1[C@@H](CN)Cc1ccccc1C(F)(F)F. The third-order valence-electron chi connectivity index (χ3n) is 4.68. The van der Waals surface area contributed by atoms with E-state index >= 15 is 0 Å². The molecule has 1 amide bonds. The number of hydrogen-bond donors (Lipinski definition) is 2. The number of aryl methyl sites for hydroxylation is 1. The van der Waals surface area contributed by atoms with E-state index in [1.54, 1.807) is 24.0 Å². The minimum atomic E-state index is -4.50. The Kier molecular flexibility index (Phi) is 6.02. The lowest BCUT2D eigenvalue weighted by atomic mass is 9.87.